The third-order valence-corrected chi connectivity index (χ3v) is 4.75. The van der Waals surface area contributed by atoms with E-state index in [1.54, 1.807) is 22.9 Å². The maximum absolute atomic E-state index is 13.1. The predicted octanol–water partition coefficient (Wildman–Crippen LogP) is 4.42. The number of hydrogen-bond acceptors (Lipinski definition) is 6. The summed E-state index contributed by atoms with van der Waals surface area (Å²) in [4.78, 5) is 8.23. The number of anilines is 2. The van der Waals surface area contributed by atoms with E-state index in [1.807, 2.05) is 12.1 Å². The number of pyridine rings is 1. The average molecular weight is 418 g/mol. The first-order chi connectivity index (χ1) is 14.2. The number of halogens is 2. The zero-order valence-electron chi connectivity index (χ0n) is 15.7. The lowest BCUT2D eigenvalue weighted by molar-refractivity contribution is -0.163. The second-order valence-electron chi connectivity index (χ2n) is 6.65. The van der Waals surface area contributed by atoms with Gasteiger partial charge in [-0.05, 0) is 55.7 Å². The van der Waals surface area contributed by atoms with Crippen LogP contribution >= 0.6 is 11.6 Å². The highest BCUT2D eigenvalue weighted by molar-refractivity contribution is 6.30. The molecule has 2 aromatic heterocycles. The summed E-state index contributed by atoms with van der Waals surface area (Å²) in [7, 11) is 0. The number of ether oxygens (including phenoxy) is 2. The lowest BCUT2D eigenvalue weighted by Crippen LogP contribution is -2.24. The van der Waals surface area contributed by atoms with Gasteiger partial charge in [0.1, 0.15) is 0 Å². The highest BCUT2D eigenvalue weighted by atomic mass is 35.5. The third-order valence-electron chi connectivity index (χ3n) is 4.50. The summed E-state index contributed by atoms with van der Waals surface area (Å²) in [5, 5.41) is 8.43. The van der Waals surface area contributed by atoms with Crippen molar-refractivity contribution in [3.63, 3.8) is 0 Å². The Bertz CT molecular complexity index is 927. The average Bonchev–Trinajstić information content (AvgIpc) is 3.13. The van der Waals surface area contributed by atoms with E-state index in [0.717, 1.165) is 31.6 Å². The minimum atomic E-state index is -0.548. The van der Waals surface area contributed by atoms with Crippen molar-refractivity contribution in [2.75, 3.05) is 18.5 Å². The van der Waals surface area contributed by atoms with Crippen molar-refractivity contribution in [3.8, 4) is 11.4 Å². The second kappa shape index (κ2) is 9.30. The molecule has 0 amide bonds. The third kappa shape index (κ3) is 5.29. The van der Waals surface area contributed by atoms with E-state index in [1.165, 1.54) is 12.3 Å². The van der Waals surface area contributed by atoms with Crippen molar-refractivity contribution in [1.82, 2.24) is 19.7 Å². The smallest absolute Gasteiger partial charge is 0.226 e. The standard InChI is InChI=1S/C20H21ClFN5O2/c21-15-5-7-16(8-6-15)24-20-25-19(14-4-9-17(22)23-13-14)26-27(20)10-12-29-18-3-1-2-11-28-18/h4-9,13,18H,1-3,10-12H2,(H,24,25,26). The molecule has 1 aromatic carbocycles. The Balaban J connectivity index is 1.51. The van der Waals surface area contributed by atoms with Crippen LogP contribution in [-0.2, 0) is 16.0 Å². The summed E-state index contributed by atoms with van der Waals surface area (Å²) in [6.45, 7) is 1.65. The number of aromatic nitrogens is 4. The van der Waals surface area contributed by atoms with Gasteiger partial charge in [0, 0.05) is 29.1 Å². The Morgan fingerprint density at radius 3 is 2.79 bits per heavy atom. The van der Waals surface area contributed by atoms with Crippen LogP contribution in [0.3, 0.4) is 0 Å². The second-order valence-corrected chi connectivity index (χ2v) is 7.09. The topological polar surface area (TPSA) is 74.1 Å². The molecule has 1 atom stereocenters. The van der Waals surface area contributed by atoms with Gasteiger partial charge in [0.05, 0.1) is 13.2 Å². The van der Waals surface area contributed by atoms with Crippen LogP contribution in [-0.4, -0.2) is 39.3 Å². The maximum Gasteiger partial charge on any atom is 0.226 e. The first kappa shape index (κ1) is 19.8. The molecular weight excluding hydrogens is 397 g/mol. The van der Waals surface area contributed by atoms with Gasteiger partial charge in [-0.25, -0.2) is 9.67 Å². The van der Waals surface area contributed by atoms with E-state index in [2.05, 4.69) is 20.4 Å². The number of hydrogen-bond donors (Lipinski definition) is 1. The van der Waals surface area contributed by atoms with E-state index in [0.29, 0.717) is 35.5 Å². The Labute approximate surface area is 172 Å². The first-order valence-corrected chi connectivity index (χ1v) is 9.88. The van der Waals surface area contributed by atoms with Gasteiger partial charge in [0.2, 0.25) is 11.9 Å². The SMILES string of the molecule is Fc1ccc(-c2nc(Nc3ccc(Cl)cc3)n(CCOC3CCCCO3)n2)cn1. The molecule has 152 valence electrons. The minimum absolute atomic E-state index is 0.166. The van der Waals surface area contributed by atoms with E-state index in [4.69, 9.17) is 21.1 Å². The summed E-state index contributed by atoms with van der Waals surface area (Å²) >= 11 is 5.96. The van der Waals surface area contributed by atoms with Gasteiger partial charge in [0.15, 0.2) is 12.1 Å². The molecule has 1 unspecified atom stereocenters. The van der Waals surface area contributed by atoms with E-state index >= 15 is 0 Å². The van der Waals surface area contributed by atoms with Gasteiger partial charge in [-0.3, -0.25) is 0 Å². The summed E-state index contributed by atoms with van der Waals surface area (Å²) in [6, 6.07) is 10.2. The van der Waals surface area contributed by atoms with Crippen LogP contribution in [0, 0.1) is 5.95 Å². The molecule has 3 heterocycles. The lowest BCUT2D eigenvalue weighted by atomic mass is 10.2. The van der Waals surface area contributed by atoms with Crippen LogP contribution in [0.5, 0.6) is 0 Å². The molecule has 0 aliphatic carbocycles. The largest absolute Gasteiger partial charge is 0.353 e. The lowest BCUT2D eigenvalue weighted by Gasteiger charge is -2.22. The van der Waals surface area contributed by atoms with Gasteiger partial charge < -0.3 is 14.8 Å². The molecule has 3 aromatic rings. The predicted molar refractivity (Wildman–Crippen MR) is 107 cm³/mol. The molecule has 1 N–H and O–H groups in total. The van der Waals surface area contributed by atoms with Crippen LogP contribution in [0.1, 0.15) is 19.3 Å². The van der Waals surface area contributed by atoms with Crippen molar-refractivity contribution in [2.24, 2.45) is 0 Å². The Morgan fingerprint density at radius 2 is 2.07 bits per heavy atom. The van der Waals surface area contributed by atoms with Crippen molar-refractivity contribution in [1.29, 1.82) is 0 Å². The summed E-state index contributed by atoms with van der Waals surface area (Å²) in [5.41, 5.74) is 1.45. The molecule has 29 heavy (non-hydrogen) atoms. The molecule has 1 saturated heterocycles. The highest BCUT2D eigenvalue weighted by Gasteiger charge is 2.16. The number of benzene rings is 1. The molecule has 0 spiro atoms. The van der Waals surface area contributed by atoms with Crippen LogP contribution in [0.2, 0.25) is 5.02 Å². The van der Waals surface area contributed by atoms with Crippen molar-refractivity contribution in [2.45, 2.75) is 32.1 Å². The van der Waals surface area contributed by atoms with Crippen molar-refractivity contribution in [3.05, 3.63) is 53.6 Å². The van der Waals surface area contributed by atoms with Crippen LogP contribution in [0.25, 0.3) is 11.4 Å². The molecule has 0 saturated carbocycles. The van der Waals surface area contributed by atoms with Gasteiger partial charge in [-0.2, -0.15) is 9.37 Å². The molecule has 1 fully saturated rings. The fraction of sp³-hybridized carbons (Fsp3) is 0.350. The van der Waals surface area contributed by atoms with E-state index in [9.17, 15) is 4.39 Å². The quantitative estimate of drug-likeness (QED) is 0.573. The zero-order valence-corrected chi connectivity index (χ0v) is 16.5. The van der Waals surface area contributed by atoms with Crippen molar-refractivity contribution < 1.29 is 13.9 Å². The molecule has 9 heteroatoms. The number of nitrogens with one attached hydrogen (secondary N) is 1. The van der Waals surface area contributed by atoms with Crippen LogP contribution in [0.4, 0.5) is 16.0 Å². The fourth-order valence-electron chi connectivity index (χ4n) is 3.00. The first-order valence-electron chi connectivity index (χ1n) is 9.50. The zero-order chi connectivity index (χ0) is 20.1. The molecule has 7 nitrogen and oxygen atoms in total. The van der Waals surface area contributed by atoms with Gasteiger partial charge in [-0.1, -0.05) is 11.6 Å². The van der Waals surface area contributed by atoms with E-state index in [-0.39, 0.29) is 6.29 Å². The summed E-state index contributed by atoms with van der Waals surface area (Å²) < 4.78 is 26.3. The normalized spacial score (nSPS) is 16.7. The highest BCUT2D eigenvalue weighted by Crippen LogP contribution is 2.22. The Morgan fingerprint density at radius 1 is 1.21 bits per heavy atom. The maximum atomic E-state index is 13.1. The van der Waals surface area contributed by atoms with Gasteiger partial charge >= 0.3 is 0 Å². The summed E-state index contributed by atoms with van der Waals surface area (Å²) in [6.07, 6.45) is 4.33. The fourth-order valence-corrected chi connectivity index (χ4v) is 3.12. The van der Waals surface area contributed by atoms with Gasteiger partial charge in [0.25, 0.3) is 0 Å². The minimum Gasteiger partial charge on any atom is -0.353 e. The Kier molecular flexibility index (Phi) is 6.33. The number of nitrogens with zero attached hydrogens (tertiary/aromatic N) is 4. The monoisotopic (exact) mass is 417 g/mol. The van der Waals surface area contributed by atoms with Gasteiger partial charge in [-0.15, -0.1) is 5.10 Å². The van der Waals surface area contributed by atoms with Crippen molar-refractivity contribution >= 4 is 23.2 Å². The number of rotatable bonds is 7. The molecule has 0 radical (unpaired) electrons. The molecular formula is C20H21ClFN5O2. The molecule has 1 aliphatic rings. The molecule has 4 rings (SSSR count). The molecule has 0 bridgehead atoms. The summed E-state index contributed by atoms with van der Waals surface area (Å²) in [5.74, 6) is 0.441. The van der Waals surface area contributed by atoms with E-state index < -0.39 is 5.95 Å². The van der Waals surface area contributed by atoms with Crippen LogP contribution < -0.4 is 5.32 Å². The Hall–Kier alpha value is -2.55. The van der Waals surface area contributed by atoms with Crippen LogP contribution in [0.15, 0.2) is 42.6 Å². The molecule has 1 aliphatic heterocycles.